The molecule has 0 amide bonds. The Morgan fingerprint density at radius 2 is 2.12 bits per heavy atom. The van der Waals surface area contributed by atoms with Crippen LogP contribution in [0.5, 0.6) is 0 Å². The van der Waals surface area contributed by atoms with Crippen LogP contribution in [0, 0.1) is 5.82 Å². The normalized spacial score (nSPS) is 10.2. The molecular formula is C11H10FN3O2. The summed E-state index contributed by atoms with van der Waals surface area (Å²) in [6.07, 6.45) is 1.31. The Hall–Kier alpha value is -2.24. The van der Waals surface area contributed by atoms with Crippen LogP contribution in [-0.2, 0) is 4.74 Å². The van der Waals surface area contributed by atoms with Crippen molar-refractivity contribution in [1.29, 1.82) is 0 Å². The number of rotatable bonds is 3. The lowest BCUT2D eigenvalue weighted by Gasteiger charge is -1.98. The number of carbonyl (C=O) groups is 1. The van der Waals surface area contributed by atoms with E-state index in [2.05, 4.69) is 10.2 Å². The number of aromatic nitrogens is 3. The second-order valence-corrected chi connectivity index (χ2v) is 3.22. The fraction of sp³-hybridized carbons (Fsp3) is 0.182. The number of hydrogen-bond acceptors (Lipinski definition) is 4. The van der Waals surface area contributed by atoms with Crippen LogP contribution < -0.4 is 0 Å². The maximum atomic E-state index is 12.7. The van der Waals surface area contributed by atoms with Crippen molar-refractivity contribution in [2.24, 2.45) is 0 Å². The number of esters is 1. The molecule has 1 aromatic carbocycles. The lowest BCUT2D eigenvalue weighted by molar-refractivity contribution is 0.0519. The van der Waals surface area contributed by atoms with E-state index >= 15 is 0 Å². The Labute approximate surface area is 96.8 Å². The highest BCUT2D eigenvalue weighted by Gasteiger charge is 2.11. The van der Waals surface area contributed by atoms with Crippen molar-refractivity contribution in [2.75, 3.05) is 6.61 Å². The van der Waals surface area contributed by atoms with Gasteiger partial charge in [-0.15, -0.1) is 5.10 Å². The topological polar surface area (TPSA) is 57.0 Å². The predicted octanol–water partition coefficient (Wildman–Crippen LogP) is 1.58. The first-order valence-corrected chi connectivity index (χ1v) is 5.06. The van der Waals surface area contributed by atoms with E-state index in [0.717, 1.165) is 0 Å². The first-order valence-electron chi connectivity index (χ1n) is 5.06. The summed E-state index contributed by atoms with van der Waals surface area (Å²) < 4.78 is 17.5. The molecule has 0 N–H and O–H groups in total. The van der Waals surface area contributed by atoms with Gasteiger partial charge in [-0.05, 0) is 31.2 Å². The van der Waals surface area contributed by atoms with Gasteiger partial charge in [0.25, 0.3) is 0 Å². The second-order valence-electron chi connectivity index (χ2n) is 3.22. The Kier molecular flexibility index (Phi) is 3.13. The molecule has 0 atom stereocenters. The molecule has 17 heavy (non-hydrogen) atoms. The third kappa shape index (κ3) is 2.47. The van der Waals surface area contributed by atoms with Gasteiger partial charge in [0, 0.05) is 0 Å². The van der Waals surface area contributed by atoms with E-state index < -0.39 is 5.97 Å². The Balaban J connectivity index is 2.23. The van der Waals surface area contributed by atoms with Gasteiger partial charge in [0.05, 0.1) is 18.5 Å². The fourth-order valence-corrected chi connectivity index (χ4v) is 1.26. The summed E-state index contributed by atoms with van der Waals surface area (Å²) in [5.41, 5.74) is 0.693. The van der Waals surface area contributed by atoms with Crippen molar-refractivity contribution >= 4 is 5.97 Å². The highest BCUT2D eigenvalue weighted by molar-refractivity contribution is 5.86. The van der Waals surface area contributed by atoms with Gasteiger partial charge in [0.15, 0.2) is 5.69 Å². The Morgan fingerprint density at radius 3 is 2.76 bits per heavy atom. The molecule has 6 heteroatoms. The average Bonchev–Trinajstić information content (AvgIpc) is 2.80. The van der Waals surface area contributed by atoms with Gasteiger partial charge < -0.3 is 4.74 Å². The third-order valence-electron chi connectivity index (χ3n) is 2.03. The molecular weight excluding hydrogens is 225 g/mol. The molecule has 0 aliphatic carbocycles. The van der Waals surface area contributed by atoms with Crippen molar-refractivity contribution in [3.63, 3.8) is 0 Å². The number of benzene rings is 1. The van der Waals surface area contributed by atoms with Crippen LogP contribution in [0.25, 0.3) is 5.69 Å². The summed E-state index contributed by atoms with van der Waals surface area (Å²) >= 11 is 0. The number of ether oxygens (including phenoxy) is 1. The molecule has 0 saturated carbocycles. The minimum atomic E-state index is -0.527. The zero-order valence-corrected chi connectivity index (χ0v) is 9.13. The molecule has 0 aliphatic rings. The standard InChI is InChI=1S/C11H10FN3O2/c1-2-17-11(16)10-7-13-15(14-10)9-5-3-8(12)4-6-9/h3-7H,2H2,1H3. The van der Waals surface area contributed by atoms with Crippen LogP contribution in [0.1, 0.15) is 17.4 Å². The van der Waals surface area contributed by atoms with Gasteiger partial charge >= 0.3 is 5.97 Å². The third-order valence-corrected chi connectivity index (χ3v) is 2.03. The van der Waals surface area contributed by atoms with Crippen LogP contribution in [0.3, 0.4) is 0 Å². The quantitative estimate of drug-likeness (QED) is 0.758. The summed E-state index contributed by atoms with van der Waals surface area (Å²) in [4.78, 5) is 12.6. The summed E-state index contributed by atoms with van der Waals surface area (Å²) in [7, 11) is 0. The molecule has 0 unspecified atom stereocenters. The first-order chi connectivity index (χ1) is 8.20. The van der Waals surface area contributed by atoms with E-state index in [-0.39, 0.29) is 18.1 Å². The Bertz CT molecular complexity index is 522. The van der Waals surface area contributed by atoms with E-state index in [0.29, 0.717) is 5.69 Å². The van der Waals surface area contributed by atoms with E-state index in [1.807, 2.05) is 0 Å². The van der Waals surface area contributed by atoms with Crippen LogP contribution in [0.15, 0.2) is 30.5 Å². The molecule has 0 aliphatic heterocycles. The van der Waals surface area contributed by atoms with Crippen LogP contribution in [-0.4, -0.2) is 27.6 Å². The van der Waals surface area contributed by atoms with E-state index in [9.17, 15) is 9.18 Å². The van der Waals surface area contributed by atoms with Gasteiger partial charge in [-0.25, -0.2) is 9.18 Å². The summed E-state index contributed by atoms with van der Waals surface area (Å²) in [6.45, 7) is 1.99. The zero-order valence-electron chi connectivity index (χ0n) is 9.13. The smallest absolute Gasteiger partial charge is 0.360 e. The predicted molar refractivity (Wildman–Crippen MR) is 57.3 cm³/mol. The van der Waals surface area contributed by atoms with Gasteiger partial charge in [-0.1, -0.05) is 0 Å². The molecule has 0 radical (unpaired) electrons. The highest BCUT2D eigenvalue weighted by atomic mass is 19.1. The fourth-order valence-electron chi connectivity index (χ4n) is 1.26. The maximum absolute atomic E-state index is 12.7. The monoisotopic (exact) mass is 235 g/mol. The molecule has 88 valence electrons. The molecule has 2 rings (SSSR count). The molecule has 5 nitrogen and oxygen atoms in total. The van der Waals surface area contributed by atoms with E-state index in [4.69, 9.17) is 4.74 Å². The van der Waals surface area contributed by atoms with E-state index in [1.54, 1.807) is 6.92 Å². The summed E-state index contributed by atoms with van der Waals surface area (Å²) in [6, 6.07) is 5.62. The van der Waals surface area contributed by atoms with Crippen molar-refractivity contribution in [2.45, 2.75) is 6.92 Å². The van der Waals surface area contributed by atoms with Crippen LogP contribution in [0.2, 0.25) is 0 Å². The zero-order chi connectivity index (χ0) is 12.3. The number of nitrogens with zero attached hydrogens (tertiary/aromatic N) is 3. The second kappa shape index (κ2) is 4.73. The van der Waals surface area contributed by atoms with Crippen molar-refractivity contribution < 1.29 is 13.9 Å². The minimum Gasteiger partial charge on any atom is -0.461 e. The number of hydrogen-bond donors (Lipinski definition) is 0. The lowest BCUT2D eigenvalue weighted by Crippen LogP contribution is -2.06. The highest BCUT2D eigenvalue weighted by Crippen LogP contribution is 2.07. The van der Waals surface area contributed by atoms with Gasteiger partial charge in [0.2, 0.25) is 0 Å². The summed E-state index contributed by atoms with van der Waals surface area (Å²) in [5.74, 6) is -0.868. The van der Waals surface area contributed by atoms with Crippen LogP contribution in [0.4, 0.5) is 4.39 Å². The largest absolute Gasteiger partial charge is 0.461 e. The van der Waals surface area contributed by atoms with Crippen molar-refractivity contribution in [3.05, 3.63) is 42.0 Å². The maximum Gasteiger partial charge on any atom is 0.360 e. The SMILES string of the molecule is CCOC(=O)c1cnn(-c2ccc(F)cc2)n1. The molecule has 0 fully saturated rings. The molecule has 0 spiro atoms. The molecule has 0 saturated heterocycles. The molecule has 2 aromatic rings. The number of carbonyl (C=O) groups excluding carboxylic acids is 1. The van der Waals surface area contributed by atoms with E-state index in [1.165, 1.54) is 35.3 Å². The van der Waals surface area contributed by atoms with Gasteiger partial charge in [-0.3, -0.25) is 0 Å². The average molecular weight is 235 g/mol. The molecule has 1 heterocycles. The summed E-state index contributed by atoms with van der Waals surface area (Å²) in [5, 5.41) is 7.84. The Morgan fingerprint density at radius 1 is 1.41 bits per heavy atom. The van der Waals surface area contributed by atoms with Crippen molar-refractivity contribution in [3.8, 4) is 5.69 Å². The first kappa shape index (κ1) is 11.3. The number of halogens is 1. The van der Waals surface area contributed by atoms with Crippen LogP contribution >= 0.6 is 0 Å². The molecule has 1 aromatic heterocycles. The van der Waals surface area contributed by atoms with Gasteiger partial charge in [-0.2, -0.15) is 9.90 Å². The van der Waals surface area contributed by atoms with Gasteiger partial charge in [0.1, 0.15) is 5.82 Å². The molecule has 0 bridgehead atoms. The minimum absolute atomic E-state index is 0.121. The lowest BCUT2D eigenvalue weighted by atomic mass is 10.3. The van der Waals surface area contributed by atoms with Crippen molar-refractivity contribution in [1.82, 2.24) is 15.0 Å².